The molecular weight excluding hydrogens is 266 g/mol. The quantitative estimate of drug-likeness (QED) is 0.877. The highest BCUT2D eigenvalue weighted by Gasteiger charge is 2.19. The molecule has 19 heavy (non-hydrogen) atoms. The number of aromatic amines is 1. The largest absolute Gasteiger partial charge is 0.461 e. The summed E-state index contributed by atoms with van der Waals surface area (Å²) in [7, 11) is 0. The van der Waals surface area contributed by atoms with E-state index in [9.17, 15) is 4.79 Å². The number of hydrogen-bond acceptors (Lipinski definition) is 4. The van der Waals surface area contributed by atoms with Gasteiger partial charge in [-0.05, 0) is 44.0 Å². The molecule has 0 bridgehead atoms. The summed E-state index contributed by atoms with van der Waals surface area (Å²) < 4.78 is 4.95. The Bertz CT molecular complexity index is 599. The molecule has 0 aliphatic rings. The van der Waals surface area contributed by atoms with E-state index >= 15 is 0 Å². The van der Waals surface area contributed by atoms with Gasteiger partial charge in [0.05, 0.1) is 6.61 Å². The van der Waals surface area contributed by atoms with Gasteiger partial charge in [0.2, 0.25) is 0 Å². The molecule has 100 valence electrons. The number of rotatable bonds is 3. The first-order valence-electron chi connectivity index (χ1n) is 5.89. The van der Waals surface area contributed by atoms with Crippen molar-refractivity contribution in [2.24, 2.45) is 0 Å². The van der Waals surface area contributed by atoms with E-state index in [2.05, 4.69) is 15.4 Å². The van der Waals surface area contributed by atoms with Crippen LogP contribution < -0.4 is 0 Å². The summed E-state index contributed by atoms with van der Waals surface area (Å²) in [6.07, 6.45) is 0. The van der Waals surface area contributed by atoms with E-state index < -0.39 is 5.97 Å². The predicted octanol–water partition coefficient (Wildman–Crippen LogP) is 2.92. The van der Waals surface area contributed by atoms with Gasteiger partial charge in [0.15, 0.2) is 5.69 Å². The monoisotopic (exact) mass is 279 g/mol. The van der Waals surface area contributed by atoms with Crippen LogP contribution >= 0.6 is 11.6 Å². The van der Waals surface area contributed by atoms with Gasteiger partial charge in [0.1, 0.15) is 5.69 Å². The van der Waals surface area contributed by atoms with Gasteiger partial charge in [0, 0.05) is 10.6 Å². The Morgan fingerprint density at radius 3 is 2.53 bits per heavy atom. The number of aromatic nitrogens is 3. The summed E-state index contributed by atoms with van der Waals surface area (Å²) in [5.74, 6) is -0.489. The number of H-pyrrole nitrogens is 1. The smallest absolute Gasteiger partial charge is 0.361 e. The van der Waals surface area contributed by atoms with Gasteiger partial charge in [-0.15, -0.1) is 5.10 Å². The van der Waals surface area contributed by atoms with Crippen LogP contribution in [0.5, 0.6) is 0 Å². The number of halogens is 1. The summed E-state index contributed by atoms with van der Waals surface area (Å²) in [6.45, 7) is 5.85. The standard InChI is InChI=1S/C13H14ClN3O2/c1-4-19-13(18)12-11(15-17-16-12)9-5-7(2)10(14)8(3)6-9/h5-6H,4H2,1-3H3,(H,15,16,17). The highest BCUT2D eigenvalue weighted by molar-refractivity contribution is 6.32. The Balaban J connectivity index is 2.49. The summed E-state index contributed by atoms with van der Waals surface area (Å²) in [5.41, 5.74) is 3.30. The average molecular weight is 280 g/mol. The number of nitrogens with one attached hydrogen (secondary N) is 1. The lowest BCUT2D eigenvalue weighted by Gasteiger charge is -2.06. The molecule has 0 aliphatic heterocycles. The zero-order valence-electron chi connectivity index (χ0n) is 11.0. The minimum absolute atomic E-state index is 0.183. The van der Waals surface area contributed by atoms with Crippen LogP contribution in [0.15, 0.2) is 12.1 Å². The maximum atomic E-state index is 11.8. The van der Waals surface area contributed by atoms with Crippen LogP contribution in [-0.4, -0.2) is 28.0 Å². The van der Waals surface area contributed by atoms with Crippen LogP contribution in [0.1, 0.15) is 28.5 Å². The zero-order valence-corrected chi connectivity index (χ0v) is 11.7. The third kappa shape index (κ3) is 2.61. The first kappa shape index (κ1) is 13.5. The van der Waals surface area contributed by atoms with E-state index in [0.717, 1.165) is 16.7 Å². The van der Waals surface area contributed by atoms with Crippen molar-refractivity contribution in [1.82, 2.24) is 15.4 Å². The second-order valence-electron chi connectivity index (χ2n) is 4.17. The molecule has 5 nitrogen and oxygen atoms in total. The number of carbonyl (C=O) groups is 1. The summed E-state index contributed by atoms with van der Waals surface area (Å²) in [4.78, 5) is 11.8. The Morgan fingerprint density at radius 1 is 1.32 bits per heavy atom. The van der Waals surface area contributed by atoms with Crippen molar-refractivity contribution < 1.29 is 9.53 Å². The van der Waals surface area contributed by atoms with Gasteiger partial charge >= 0.3 is 5.97 Å². The van der Waals surface area contributed by atoms with E-state index in [1.807, 2.05) is 26.0 Å². The summed E-state index contributed by atoms with van der Waals surface area (Å²) in [5, 5.41) is 11.0. The number of aryl methyl sites for hydroxylation is 2. The lowest BCUT2D eigenvalue weighted by Crippen LogP contribution is -2.06. The third-order valence-corrected chi connectivity index (χ3v) is 3.32. The number of benzene rings is 1. The fraction of sp³-hybridized carbons (Fsp3) is 0.308. The van der Waals surface area contributed by atoms with Crippen molar-refractivity contribution in [3.8, 4) is 11.3 Å². The van der Waals surface area contributed by atoms with Crippen molar-refractivity contribution in [2.45, 2.75) is 20.8 Å². The van der Waals surface area contributed by atoms with E-state index in [1.54, 1.807) is 6.92 Å². The Kier molecular flexibility index (Phi) is 3.85. The molecule has 0 radical (unpaired) electrons. The highest BCUT2D eigenvalue weighted by atomic mass is 35.5. The SMILES string of the molecule is CCOC(=O)c1n[nH]nc1-c1cc(C)c(Cl)c(C)c1. The molecule has 0 fully saturated rings. The van der Waals surface area contributed by atoms with Gasteiger partial charge in [0.25, 0.3) is 0 Å². The van der Waals surface area contributed by atoms with E-state index in [-0.39, 0.29) is 5.69 Å². The molecule has 0 unspecified atom stereocenters. The molecule has 0 spiro atoms. The molecule has 1 N–H and O–H groups in total. The van der Waals surface area contributed by atoms with Crippen LogP contribution in [0, 0.1) is 13.8 Å². The Hall–Kier alpha value is -1.88. The van der Waals surface area contributed by atoms with E-state index in [0.29, 0.717) is 17.3 Å². The van der Waals surface area contributed by atoms with Crippen molar-refractivity contribution in [3.05, 3.63) is 34.0 Å². The molecule has 1 aromatic carbocycles. The Labute approximate surface area is 115 Å². The van der Waals surface area contributed by atoms with Crippen LogP contribution in [0.4, 0.5) is 0 Å². The zero-order chi connectivity index (χ0) is 14.0. The van der Waals surface area contributed by atoms with Crippen molar-refractivity contribution >= 4 is 17.6 Å². The van der Waals surface area contributed by atoms with Crippen LogP contribution in [0.3, 0.4) is 0 Å². The molecule has 2 aromatic rings. The topological polar surface area (TPSA) is 67.9 Å². The maximum absolute atomic E-state index is 11.8. The first-order chi connectivity index (χ1) is 9.04. The number of esters is 1. The molecule has 0 aliphatic carbocycles. The molecule has 2 rings (SSSR count). The third-order valence-electron chi connectivity index (χ3n) is 2.73. The van der Waals surface area contributed by atoms with Gasteiger partial charge in [-0.1, -0.05) is 11.6 Å². The molecule has 0 saturated heterocycles. The lowest BCUT2D eigenvalue weighted by molar-refractivity contribution is 0.0520. The highest BCUT2D eigenvalue weighted by Crippen LogP contribution is 2.28. The summed E-state index contributed by atoms with van der Waals surface area (Å²) in [6, 6.07) is 3.74. The fourth-order valence-corrected chi connectivity index (χ4v) is 1.97. The van der Waals surface area contributed by atoms with Crippen molar-refractivity contribution in [2.75, 3.05) is 6.61 Å². The molecule has 6 heteroatoms. The molecule has 1 heterocycles. The van der Waals surface area contributed by atoms with Crippen molar-refractivity contribution in [3.63, 3.8) is 0 Å². The Morgan fingerprint density at radius 2 is 1.95 bits per heavy atom. The minimum Gasteiger partial charge on any atom is -0.461 e. The molecule has 0 atom stereocenters. The summed E-state index contributed by atoms with van der Waals surface area (Å²) >= 11 is 6.13. The lowest BCUT2D eigenvalue weighted by atomic mass is 10.0. The molecule has 1 aromatic heterocycles. The normalized spacial score (nSPS) is 10.5. The first-order valence-corrected chi connectivity index (χ1v) is 6.27. The van der Waals surface area contributed by atoms with Crippen molar-refractivity contribution in [1.29, 1.82) is 0 Å². The van der Waals surface area contributed by atoms with E-state index in [1.165, 1.54) is 0 Å². The average Bonchev–Trinajstić information content (AvgIpc) is 2.84. The minimum atomic E-state index is -0.489. The van der Waals surface area contributed by atoms with Crippen LogP contribution in [0.25, 0.3) is 11.3 Å². The van der Waals surface area contributed by atoms with Crippen LogP contribution in [0.2, 0.25) is 5.02 Å². The molecule has 0 saturated carbocycles. The number of hydrogen-bond donors (Lipinski definition) is 1. The van der Waals surface area contributed by atoms with Gasteiger partial charge < -0.3 is 4.74 Å². The van der Waals surface area contributed by atoms with E-state index in [4.69, 9.17) is 16.3 Å². The predicted molar refractivity (Wildman–Crippen MR) is 72.3 cm³/mol. The van der Waals surface area contributed by atoms with Gasteiger partial charge in [-0.2, -0.15) is 10.3 Å². The number of ether oxygens (including phenoxy) is 1. The fourth-order valence-electron chi connectivity index (χ4n) is 1.86. The maximum Gasteiger partial charge on any atom is 0.361 e. The van der Waals surface area contributed by atoms with Gasteiger partial charge in [-0.25, -0.2) is 4.79 Å². The van der Waals surface area contributed by atoms with Gasteiger partial charge in [-0.3, -0.25) is 0 Å². The second-order valence-corrected chi connectivity index (χ2v) is 4.54. The number of nitrogens with zero attached hydrogens (tertiary/aromatic N) is 2. The van der Waals surface area contributed by atoms with Crippen LogP contribution in [-0.2, 0) is 4.74 Å². The number of carbonyl (C=O) groups excluding carboxylic acids is 1. The molecular formula is C13H14ClN3O2. The second kappa shape index (κ2) is 5.40. The molecule has 0 amide bonds.